The third-order valence-electron chi connectivity index (χ3n) is 10.5. The summed E-state index contributed by atoms with van der Waals surface area (Å²) in [6.45, 7) is -0.550. The first-order chi connectivity index (χ1) is 25.1. The van der Waals surface area contributed by atoms with E-state index in [9.17, 15) is 45.5 Å². The molecule has 2 aliphatic carbocycles. The minimum atomic E-state index is -4.66. The zero-order valence-corrected chi connectivity index (χ0v) is 28.9. The molecule has 3 heterocycles. The molecule has 7 atom stereocenters. The molecule has 3 fully saturated rings. The van der Waals surface area contributed by atoms with Crippen molar-refractivity contribution in [3.8, 4) is 11.5 Å². The molecule has 8 rings (SSSR count). The maximum atomic E-state index is 14.0. The maximum Gasteiger partial charge on any atom is 0.416 e. The van der Waals surface area contributed by atoms with Crippen molar-refractivity contribution in [2.24, 2.45) is 29.6 Å². The summed E-state index contributed by atoms with van der Waals surface area (Å²) < 4.78 is 91.3. The molecule has 2 aliphatic heterocycles. The van der Waals surface area contributed by atoms with Gasteiger partial charge in [-0.25, -0.2) is 0 Å². The van der Waals surface area contributed by atoms with Gasteiger partial charge in [-0.3, -0.25) is 24.1 Å². The van der Waals surface area contributed by atoms with Gasteiger partial charge in [-0.2, -0.15) is 26.3 Å². The molecule has 4 aliphatic rings. The van der Waals surface area contributed by atoms with Crippen molar-refractivity contribution in [3.63, 3.8) is 0 Å². The number of H-pyrrole nitrogens is 1. The van der Waals surface area contributed by atoms with E-state index >= 15 is 0 Å². The fraction of sp³-hybridized carbons (Fsp3) is 0.333. The Labute approximate surface area is 304 Å². The van der Waals surface area contributed by atoms with Crippen LogP contribution in [-0.4, -0.2) is 41.7 Å². The van der Waals surface area contributed by atoms with E-state index < -0.39 is 65.6 Å². The summed E-state index contributed by atoms with van der Waals surface area (Å²) in [5, 5.41) is 2.84. The van der Waals surface area contributed by atoms with Crippen LogP contribution in [0.1, 0.15) is 33.9 Å². The largest absolute Gasteiger partial charge is 0.493 e. The lowest BCUT2D eigenvalue weighted by Gasteiger charge is -2.43. The number of alkyl halides is 6. The number of benzene rings is 3. The van der Waals surface area contributed by atoms with Crippen LogP contribution < -0.4 is 24.6 Å². The summed E-state index contributed by atoms with van der Waals surface area (Å²) in [5.74, 6) is -4.06. The lowest BCUT2D eigenvalue weighted by Crippen LogP contribution is -2.42. The Morgan fingerprint density at radius 3 is 2.26 bits per heavy atom. The van der Waals surface area contributed by atoms with Crippen molar-refractivity contribution in [1.29, 1.82) is 0 Å². The summed E-state index contributed by atoms with van der Waals surface area (Å²) in [4.78, 5) is 57.4. The molecule has 1 aromatic heterocycles. The maximum absolute atomic E-state index is 14.0. The van der Waals surface area contributed by atoms with Gasteiger partial charge in [0.05, 0.1) is 40.8 Å². The van der Waals surface area contributed by atoms with E-state index in [2.05, 4.69) is 10.3 Å². The van der Waals surface area contributed by atoms with E-state index in [-0.39, 0.29) is 50.8 Å². The van der Waals surface area contributed by atoms with Crippen molar-refractivity contribution >= 4 is 52.2 Å². The van der Waals surface area contributed by atoms with Crippen molar-refractivity contribution in [1.82, 2.24) is 4.98 Å². The van der Waals surface area contributed by atoms with E-state index in [1.165, 1.54) is 43.1 Å². The van der Waals surface area contributed by atoms with Gasteiger partial charge in [-0.1, -0.05) is 29.5 Å². The fourth-order valence-corrected chi connectivity index (χ4v) is 11.5. The second-order valence-corrected chi connectivity index (χ2v) is 15.5. The quantitative estimate of drug-likeness (QED) is 0.151. The number of amides is 3. The van der Waals surface area contributed by atoms with Gasteiger partial charge in [0, 0.05) is 21.7 Å². The van der Waals surface area contributed by atoms with Crippen LogP contribution in [0.3, 0.4) is 0 Å². The molecule has 53 heavy (non-hydrogen) atoms. The number of hydrogen-bond acceptors (Lipinski definition) is 8. The van der Waals surface area contributed by atoms with E-state index in [0.717, 1.165) is 45.4 Å². The number of carbonyl (C=O) groups is 3. The number of thioether (sulfide) groups is 1. The highest BCUT2D eigenvalue weighted by atomic mass is 32.2. The zero-order valence-electron chi connectivity index (χ0n) is 27.3. The molecule has 2 bridgehead atoms. The zero-order chi connectivity index (χ0) is 37.6. The topological polar surface area (TPSA) is 118 Å². The van der Waals surface area contributed by atoms with Gasteiger partial charge in [0.25, 0.3) is 5.91 Å². The number of nitrogens with one attached hydrogen (secondary N) is 2. The average Bonchev–Trinajstić information content (AvgIpc) is 3.85. The molecule has 0 spiro atoms. The molecule has 9 nitrogen and oxygen atoms in total. The van der Waals surface area contributed by atoms with Gasteiger partial charge in [-0.15, -0.1) is 11.8 Å². The number of methoxy groups -OCH3 is 1. The van der Waals surface area contributed by atoms with Crippen LogP contribution in [0.2, 0.25) is 0 Å². The first kappa shape index (κ1) is 35.3. The Kier molecular flexibility index (Phi) is 8.44. The summed E-state index contributed by atoms with van der Waals surface area (Å²) in [7, 11) is 1.39. The third kappa shape index (κ3) is 5.97. The highest BCUT2D eigenvalue weighted by Gasteiger charge is 2.69. The first-order valence-electron chi connectivity index (χ1n) is 16.4. The van der Waals surface area contributed by atoms with Crippen molar-refractivity contribution in [2.45, 2.75) is 35.0 Å². The van der Waals surface area contributed by atoms with E-state index in [4.69, 9.17) is 9.47 Å². The molecule has 17 heteroatoms. The minimum absolute atomic E-state index is 0.0600. The molecule has 276 valence electrons. The number of rotatable bonds is 7. The summed E-state index contributed by atoms with van der Waals surface area (Å²) in [6.07, 6.45) is -8.69. The van der Waals surface area contributed by atoms with Crippen molar-refractivity contribution in [2.75, 3.05) is 23.9 Å². The van der Waals surface area contributed by atoms with Crippen LogP contribution >= 0.6 is 23.1 Å². The van der Waals surface area contributed by atoms with Crippen LogP contribution in [0.25, 0.3) is 0 Å². The minimum Gasteiger partial charge on any atom is -0.493 e. The molecule has 2 N–H and O–H groups in total. The molecule has 1 saturated heterocycles. The van der Waals surface area contributed by atoms with Gasteiger partial charge in [0.1, 0.15) is 0 Å². The number of aromatic nitrogens is 1. The Hall–Kier alpha value is -4.77. The average molecular weight is 776 g/mol. The number of aromatic amines is 1. The van der Waals surface area contributed by atoms with Gasteiger partial charge in [0.15, 0.2) is 18.1 Å². The van der Waals surface area contributed by atoms with Crippen LogP contribution in [0.4, 0.5) is 37.7 Å². The van der Waals surface area contributed by atoms with Crippen LogP contribution in [0.15, 0.2) is 76.6 Å². The number of ether oxygens (including phenoxy) is 2. The van der Waals surface area contributed by atoms with Gasteiger partial charge in [0.2, 0.25) is 11.8 Å². The molecule has 2 saturated carbocycles. The van der Waals surface area contributed by atoms with E-state index in [0.29, 0.717) is 17.0 Å². The Bertz CT molecular complexity index is 2220. The third-order valence-corrected chi connectivity index (χ3v) is 13.1. The summed E-state index contributed by atoms with van der Waals surface area (Å²) in [5.41, 5.74) is -1.36. The molecule has 3 amide bonds. The predicted octanol–water partition coefficient (Wildman–Crippen LogP) is 7.18. The molecular weight excluding hydrogens is 749 g/mol. The number of nitrogens with zero attached hydrogens (tertiary/aromatic N) is 1. The smallest absolute Gasteiger partial charge is 0.416 e. The number of halogens is 6. The highest BCUT2D eigenvalue weighted by Crippen LogP contribution is 2.69. The molecular formula is C36H27F6N3O6S2. The van der Waals surface area contributed by atoms with Crippen LogP contribution in [-0.2, 0) is 26.7 Å². The van der Waals surface area contributed by atoms with Crippen LogP contribution in [0, 0.1) is 29.6 Å². The molecule has 0 radical (unpaired) electrons. The van der Waals surface area contributed by atoms with E-state index in [1.807, 2.05) is 0 Å². The van der Waals surface area contributed by atoms with E-state index in [1.54, 1.807) is 18.2 Å². The fourth-order valence-electron chi connectivity index (χ4n) is 8.58. The number of thiazole rings is 1. The normalized spacial score (nSPS) is 25.9. The number of imide groups is 1. The van der Waals surface area contributed by atoms with Crippen molar-refractivity contribution < 1.29 is 50.2 Å². The monoisotopic (exact) mass is 775 g/mol. The number of fused-ring (bicyclic) bond motifs is 9. The second kappa shape index (κ2) is 12.7. The Morgan fingerprint density at radius 1 is 0.887 bits per heavy atom. The Balaban J connectivity index is 1.06. The lowest BCUT2D eigenvalue weighted by atomic mass is 9.68. The summed E-state index contributed by atoms with van der Waals surface area (Å²) in [6, 6.07) is 13.4. The van der Waals surface area contributed by atoms with Crippen molar-refractivity contribution in [3.05, 3.63) is 98.0 Å². The van der Waals surface area contributed by atoms with Crippen LogP contribution in [0.5, 0.6) is 11.5 Å². The predicted molar refractivity (Wildman–Crippen MR) is 181 cm³/mol. The highest BCUT2D eigenvalue weighted by molar-refractivity contribution is 8.00. The standard InChI is InChI=1S/C36H27F6N3O6S2/c1-50-23-10-15(8-9-22(23)51-14-24(46)43-18-6-2-4-16(11-18)35(37,38)39)25-26-20-13-21(29(26)52-31-30(25)53-34(49)44-31)28-27(20)32(47)45(33(28)48)19-7-3-5-17(12-19)36(40,41)42/h2-12,20-21,25-29H,13-14H2,1H3,(H,43,46)(H,44,49)/t20-,21-,25+,26-,27+,28+,29-/m1/s1. The lowest BCUT2D eigenvalue weighted by molar-refractivity contribution is -0.138. The first-order valence-corrected chi connectivity index (χ1v) is 18.1. The molecule has 3 aromatic carbocycles. The van der Waals surface area contributed by atoms with Gasteiger partial charge >= 0.3 is 17.2 Å². The second-order valence-electron chi connectivity index (χ2n) is 13.3. The number of anilines is 2. The summed E-state index contributed by atoms with van der Waals surface area (Å²) >= 11 is 2.49. The Morgan fingerprint density at radius 2 is 1.57 bits per heavy atom. The van der Waals surface area contributed by atoms with Gasteiger partial charge in [-0.05, 0) is 78.3 Å². The van der Waals surface area contributed by atoms with Gasteiger partial charge < -0.3 is 19.8 Å². The SMILES string of the molecule is COc1cc([C@@H]2c3sc(=O)[nH]c3S[C@@H]3[C@@H]4C[C@@H]([C@@H]5C(=O)N(c6cccc(C(F)(F)F)c6)C(=O)[C@@H]45)[C@H]23)ccc1OCC(=O)Nc1cccc(C(F)(F)F)c1. The number of carbonyl (C=O) groups excluding carboxylic acids is 3. The molecule has 4 aromatic rings. The number of hydrogen-bond donors (Lipinski definition) is 2. The molecule has 0 unspecified atom stereocenters.